The molecule has 0 amide bonds. The summed E-state index contributed by atoms with van der Waals surface area (Å²) in [6.07, 6.45) is 3.50. The van der Waals surface area contributed by atoms with Crippen LogP contribution in [0.5, 0.6) is 0 Å². The Kier molecular flexibility index (Phi) is 3.26. The van der Waals surface area contributed by atoms with Crippen LogP contribution in [0.3, 0.4) is 0 Å². The summed E-state index contributed by atoms with van der Waals surface area (Å²) in [4.78, 5) is 4.62. The number of imidazole rings is 1. The predicted molar refractivity (Wildman–Crippen MR) is 76.6 cm³/mol. The first-order valence-electron chi connectivity index (χ1n) is 6.38. The molecular weight excluding hydrogens is 292 g/mol. The van der Waals surface area contributed by atoms with Gasteiger partial charge in [-0.3, -0.25) is 4.40 Å². The van der Waals surface area contributed by atoms with E-state index in [1.807, 2.05) is 18.2 Å². The topological polar surface area (TPSA) is 55.3 Å². The molecule has 1 atom stereocenters. The van der Waals surface area contributed by atoms with Crippen molar-refractivity contribution in [3.8, 4) is 0 Å². The number of pyridine rings is 1. The fourth-order valence-electron chi connectivity index (χ4n) is 2.69. The Morgan fingerprint density at radius 3 is 3.17 bits per heavy atom. The van der Waals surface area contributed by atoms with Gasteiger partial charge in [0.1, 0.15) is 16.2 Å². The second-order valence-electron chi connectivity index (χ2n) is 4.91. The Morgan fingerprint density at radius 2 is 2.39 bits per heavy atom. The van der Waals surface area contributed by atoms with E-state index in [1.165, 1.54) is 12.8 Å². The van der Waals surface area contributed by atoms with Crippen LogP contribution in [0.4, 0.5) is 5.82 Å². The van der Waals surface area contributed by atoms with Crippen LogP contribution >= 0.6 is 15.9 Å². The summed E-state index contributed by atoms with van der Waals surface area (Å²) in [6, 6.07) is 5.92. The molecule has 0 bridgehead atoms. The minimum absolute atomic E-state index is 0.663. The number of hydrogen-bond donors (Lipinski definition) is 2. The number of rotatable bonds is 2. The van der Waals surface area contributed by atoms with Crippen LogP contribution in [0, 0.1) is 5.92 Å². The molecule has 2 aromatic heterocycles. The van der Waals surface area contributed by atoms with E-state index >= 15 is 0 Å². The third-order valence-corrected chi connectivity index (χ3v) is 4.17. The van der Waals surface area contributed by atoms with E-state index in [1.54, 1.807) is 0 Å². The van der Waals surface area contributed by atoms with Crippen molar-refractivity contribution in [3.05, 3.63) is 28.6 Å². The van der Waals surface area contributed by atoms with Crippen molar-refractivity contribution in [2.45, 2.75) is 19.3 Å². The van der Waals surface area contributed by atoms with Gasteiger partial charge >= 0.3 is 0 Å². The van der Waals surface area contributed by atoms with E-state index in [4.69, 9.17) is 5.73 Å². The maximum absolute atomic E-state index is 6.06. The van der Waals surface area contributed by atoms with Crippen molar-refractivity contribution in [2.24, 2.45) is 5.92 Å². The van der Waals surface area contributed by atoms with Crippen LogP contribution in [0.2, 0.25) is 0 Å². The Bertz CT molecular complexity index is 557. The first-order chi connectivity index (χ1) is 8.75. The number of anilines is 1. The molecule has 2 aromatic rings. The van der Waals surface area contributed by atoms with E-state index in [2.05, 4.69) is 30.6 Å². The Hall–Kier alpha value is -1.07. The van der Waals surface area contributed by atoms with Crippen LogP contribution in [-0.2, 0) is 6.42 Å². The molecule has 3 rings (SSSR count). The molecule has 18 heavy (non-hydrogen) atoms. The van der Waals surface area contributed by atoms with Gasteiger partial charge < -0.3 is 11.1 Å². The largest absolute Gasteiger partial charge is 0.385 e. The Morgan fingerprint density at radius 1 is 1.50 bits per heavy atom. The molecule has 3 N–H and O–H groups in total. The highest BCUT2D eigenvalue weighted by Gasteiger charge is 2.18. The molecule has 0 radical (unpaired) electrons. The van der Waals surface area contributed by atoms with Gasteiger partial charge in [0.25, 0.3) is 0 Å². The summed E-state index contributed by atoms with van der Waals surface area (Å²) in [6.45, 7) is 2.23. The molecule has 96 valence electrons. The maximum atomic E-state index is 6.06. The molecule has 5 heteroatoms. The van der Waals surface area contributed by atoms with Crippen LogP contribution in [0.1, 0.15) is 18.7 Å². The van der Waals surface area contributed by atoms with Crippen molar-refractivity contribution in [3.63, 3.8) is 0 Å². The van der Waals surface area contributed by atoms with Crippen molar-refractivity contribution >= 4 is 27.3 Å². The highest BCUT2D eigenvalue weighted by Crippen LogP contribution is 2.24. The zero-order chi connectivity index (χ0) is 12.5. The minimum Gasteiger partial charge on any atom is -0.385 e. The predicted octanol–water partition coefficient (Wildman–Crippen LogP) is 2.22. The second kappa shape index (κ2) is 4.90. The molecule has 1 saturated heterocycles. The number of aromatic nitrogens is 2. The number of nitrogens with one attached hydrogen (secondary N) is 1. The van der Waals surface area contributed by atoms with E-state index in [-0.39, 0.29) is 0 Å². The number of nitrogen functional groups attached to an aromatic ring is 1. The van der Waals surface area contributed by atoms with E-state index in [9.17, 15) is 0 Å². The van der Waals surface area contributed by atoms with Crippen LogP contribution in [-0.4, -0.2) is 22.5 Å². The van der Waals surface area contributed by atoms with Crippen LogP contribution in [0.25, 0.3) is 5.52 Å². The lowest BCUT2D eigenvalue weighted by atomic mass is 9.96. The van der Waals surface area contributed by atoms with Gasteiger partial charge in [0, 0.05) is 6.42 Å². The Balaban J connectivity index is 1.96. The lowest BCUT2D eigenvalue weighted by Crippen LogP contribution is -2.31. The number of fused-ring (bicyclic) bond motifs is 1. The van der Waals surface area contributed by atoms with E-state index < -0.39 is 0 Å². The van der Waals surface area contributed by atoms with Crippen LogP contribution in [0.15, 0.2) is 22.8 Å². The molecule has 1 aliphatic rings. The molecule has 0 aliphatic carbocycles. The molecule has 0 saturated carbocycles. The summed E-state index contributed by atoms with van der Waals surface area (Å²) in [5.41, 5.74) is 7.11. The van der Waals surface area contributed by atoms with Gasteiger partial charge in [0.05, 0.1) is 5.52 Å². The van der Waals surface area contributed by atoms with Gasteiger partial charge in [-0.1, -0.05) is 6.07 Å². The summed E-state index contributed by atoms with van der Waals surface area (Å²) >= 11 is 3.51. The lowest BCUT2D eigenvalue weighted by Gasteiger charge is -2.22. The fourth-order valence-corrected chi connectivity index (χ4v) is 3.20. The quantitative estimate of drug-likeness (QED) is 0.894. The number of piperidine rings is 1. The molecule has 1 aliphatic heterocycles. The second-order valence-corrected chi connectivity index (χ2v) is 5.66. The normalized spacial score (nSPS) is 20.4. The van der Waals surface area contributed by atoms with E-state index in [0.29, 0.717) is 5.92 Å². The molecule has 4 nitrogen and oxygen atoms in total. The third kappa shape index (κ3) is 2.12. The lowest BCUT2D eigenvalue weighted by molar-refractivity contribution is 0.370. The first-order valence-corrected chi connectivity index (χ1v) is 7.17. The summed E-state index contributed by atoms with van der Waals surface area (Å²) in [5.74, 6) is 2.48. The average molecular weight is 309 g/mol. The van der Waals surface area contributed by atoms with E-state index in [0.717, 1.165) is 41.3 Å². The fraction of sp³-hybridized carbons (Fsp3) is 0.462. The van der Waals surface area contributed by atoms with Gasteiger partial charge in [0.2, 0.25) is 0 Å². The van der Waals surface area contributed by atoms with Gasteiger partial charge in [-0.15, -0.1) is 0 Å². The molecular formula is C13H17BrN4. The molecule has 0 spiro atoms. The third-order valence-electron chi connectivity index (χ3n) is 3.59. The highest BCUT2D eigenvalue weighted by molar-refractivity contribution is 9.10. The Labute approximate surface area is 115 Å². The zero-order valence-electron chi connectivity index (χ0n) is 10.2. The smallest absolute Gasteiger partial charge is 0.132 e. The van der Waals surface area contributed by atoms with Crippen LogP contribution < -0.4 is 11.1 Å². The molecule has 0 aromatic carbocycles. The molecule has 1 fully saturated rings. The van der Waals surface area contributed by atoms with Gasteiger partial charge in [0.15, 0.2) is 0 Å². The minimum atomic E-state index is 0.663. The summed E-state index contributed by atoms with van der Waals surface area (Å²) in [5, 5.41) is 3.44. The number of halogens is 1. The standard InChI is InChI=1S/C13H17BrN4/c14-13-10-4-1-5-11(15)18(10)12(17-13)7-9-3-2-6-16-8-9/h1,4-5,9,16H,2-3,6-8,15H2. The van der Waals surface area contributed by atoms with Crippen molar-refractivity contribution in [1.82, 2.24) is 14.7 Å². The highest BCUT2D eigenvalue weighted by atomic mass is 79.9. The van der Waals surface area contributed by atoms with Crippen molar-refractivity contribution < 1.29 is 0 Å². The maximum Gasteiger partial charge on any atom is 0.132 e. The average Bonchev–Trinajstić information content (AvgIpc) is 2.69. The molecule has 1 unspecified atom stereocenters. The molecule has 3 heterocycles. The van der Waals surface area contributed by atoms with Gasteiger partial charge in [-0.2, -0.15) is 0 Å². The van der Waals surface area contributed by atoms with Crippen molar-refractivity contribution in [2.75, 3.05) is 18.8 Å². The number of hydrogen-bond acceptors (Lipinski definition) is 3. The first kappa shape index (κ1) is 12.0. The van der Waals surface area contributed by atoms with Gasteiger partial charge in [-0.05, 0) is 59.9 Å². The zero-order valence-corrected chi connectivity index (χ0v) is 11.8. The monoisotopic (exact) mass is 308 g/mol. The SMILES string of the molecule is Nc1cccc2c(Br)nc(CC3CCCNC3)n12. The van der Waals surface area contributed by atoms with Crippen molar-refractivity contribution in [1.29, 1.82) is 0 Å². The van der Waals surface area contributed by atoms with Gasteiger partial charge in [-0.25, -0.2) is 4.98 Å². The number of nitrogens with zero attached hydrogens (tertiary/aromatic N) is 2. The number of nitrogens with two attached hydrogens (primary N) is 1. The summed E-state index contributed by atoms with van der Waals surface area (Å²) in [7, 11) is 0. The summed E-state index contributed by atoms with van der Waals surface area (Å²) < 4.78 is 2.94.